The molecule has 12 heavy (non-hydrogen) atoms. The van der Waals surface area contributed by atoms with Gasteiger partial charge in [-0.1, -0.05) is 25.2 Å². The summed E-state index contributed by atoms with van der Waals surface area (Å²) in [5.41, 5.74) is 0. The molecule has 0 radical (unpaired) electrons. The Balaban J connectivity index is 2.13. The van der Waals surface area contributed by atoms with Crippen molar-refractivity contribution in [1.29, 1.82) is 0 Å². The Kier molecular flexibility index (Phi) is 2.11. The van der Waals surface area contributed by atoms with Gasteiger partial charge in [-0.15, -0.1) is 0 Å². The van der Waals surface area contributed by atoms with Crippen LogP contribution in [0.25, 0.3) is 0 Å². The van der Waals surface area contributed by atoms with E-state index >= 15 is 0 Å². The molecule has 0 N–H and O–H groups in total. The molecule has 1 aliphatic heterocycles. The van der Waals surface area contributed by atoms with Gasteiger partial charge in [0.1, 0.15) is 0 Å². The minimum absolute atomic E-state index is 0.532. The Morgan fingerprint density at radius 2 is 2.25 bits per heavy atom. The minimum Gasteiger partial charge on any atom is -0.289 e. The molecule has 0 saturated heterocycles. The number of aliphatic imine (C=N–C) groups is 1. The van der Waals surface area contributed by atoms with E-state index in [1.54, 1.807) is 0 Å². The van der Waals surface area contributed by atoms with Gasteiger partial charge in [-0.05, 0) is 24.8 Å². The molecule has 2 rings (SSSR count). The van der Waals surface area contributed by atoms with Gasteiger partial charge in [-0.2, -0.15) is 0 Å². The van der Waals surface area contributed by atoms with Crippen LogP contribution in [-0.2, 0) is 0 Å². The first kappa shape index (κ1) is 7.78. The predicted molar refractivity (Wildman–Crippen MR) is 52.4 cm³/mol. The van der Waals surface area contributed by atoms with E-state index in [1.807, 2.05) is 6.21 Å². The summed E-state index contributed by atoms with van der Waals surface area (Å²) in [6, 6.07) is 0.532. The van der Waals surface area contributed by atoms with Crippen LogP contribution in [0.2, 0.25) is 0 Å². The zero-order valence-corrected chi connectivity index (χ0v) is 7.48. The van der Waals surface area contributed by atoms with Crippen molar-refractivity contribution in [3.63, 3.8) is 0 Å². The smallest absolute Gasteiger partial charge is 0.0602 e. The maximum atomic E-state index is 4.49. The van der Waals surface area contributed by atoms with Gasteiger partial charge in [0, 0.05) is 12.1 Å². The van der Waals surface area contributed by atoms with Crippen molar-refractivity contribution >= 4 is 6.21 Å². The van der Waals surface area contributed by atoms with Gasteiger partial charge in [0.25, 0.3) is 0 Å². The Morgan fingerprint density at radius 1 is 1.33 bits per heavy atom. The summed E-state index contributed by atoms with van der Waals surface area (Å²) in [5.74, 6) is 1.34. The van der Waals surface area contributed by atoms with E-state index in [1.165, 1.54) is 12.8 Å². The average Bonchev–Trinajstić information content (AvgIpc) is 2.17. The molecule has 3 atom stereocenters. The van der Waals surface area contributed by atoms with Crippen LogP contribution in [0.15, 0.2) is 29.3 Å². The highest BCUT2D eigenvalue weighted by atomic mass is 14.8. The molecule has 0 bridgehead atoms. The van der Waals surface area contributed by atoms with Crippen molar-refractivity contribution in [3.05, 3.63) is 24.3 Å². The Bertz CT molecular complexity index is 237. The lowest BCUT2D eigenvalue weighted by atomic mass is 9.82. The third-order valence-corrected chi connectivity index (χ3v) is 2.82. The second kappa shape index (κ2) is 3.26. The summed E-state index contributed by atoms with van der Waals surface area (Å²) >= 11 is 0. The van der Waals surface area contributed by atoms with E-state index in [4.69, 9.17) is 0 Å². The first-order chi connectivity index (χ1) is 5.90. The van der Waals surface area contributed by atoms with E-state index in [0.717, 1.165) is 5.92 Å². The standard InChI is InChI=1S/C11H15N/c1-2-9-5-6-10-4-3-7-12-11(10)8-9/h3-7,9-11H,2,8H2,1H3/t9?,10?,11-/m1/s1. The fourth-order valence-electron chi connectivity index (χ4n) is 1.95. The number of nitrogens with zero attached hydrogens (tertiary/aromatic N) is 1. The highest BCUT2D eigenvalue weighted by molar-refractivity contribution is 5.72. The van der Waals surface area contributed by atoms with Crippen LogP contribution in [0.3, 0.4) is 0 Å². The monoisotopic (exact) mass is 161 g/mol. The molecule has 0 aromatic heterocycles. The molecule has 0 spiro atoms. The topological polar surface area (TPSA) is 12.4 Å². The Morgan fingerprint density at radius 3 is 3.08 bits per heavy atom. The molecule has 1 nitrogen and oxygen atoms in total. The Labute approximate surface area is 73.9 Å². The summed E-state index contributed by atoms with van der Waals surface area (Å²) in [6.07, 6.45) is 13.4. The lowest BCUT2D eigenvalue weighted by molar-refractivity contribution is 0.426. The van der Waals surface area contributed by atoms with Gasteiger partial charge in [0.15, 0.2) is 0 Å². The zero-order valence-electron chi connectivity index (χ0n) is 7.48. The van der Waals surface area contributed by atoms with Gasteiger partial charge >= 0.3 is 0 Å². The Hall–Kier alpha value is -0.850. The van der Waals surface area contributed by atoms with Crippen LogP contribution < -0.4 is 0 Å². The van der Waals surface area contributed by atoms with Gasteiger partial charge in [0.05, 0.1) is 6.04 Å². The zero-order chi connectivity index (χ0) is 8.39. The number of dihydropyridines is 1. The van der Waals surface area contributed by atoms with Gasteiger partial charge in [0.2, 0.25) is 0 Å². The molecular weight excluding hydrogens is 146 g/mol. The van der Waals surface area contributed by atoms with Crippen LogP contribution in [0.4, 0.5) is 0 Å². The van der Waals surface area contributed by atoms with Crippen molar-refractivity contribution in [2.45, 2.75) is 25.8 Å². The molecular formula is C11H15N. The molecule has 2 unspecified atom stereocenters. The van der Waals surface area contributed by atoms with Gasteiger partial charge in [-0.25, -0.2) is 0 Å². The molecule has 2 aliphatic rings. The number of allylic oxidation sites excluding steroid dienone is 2. The quantitative estimate of drug-likeness (QED) is 0.524. The van der Waals surface area contributed by atoms with Crippen molar-refractivity contribution in [1.82, 2.24) is 0 Å². The largest absolute Gasteiger partial charge is 0.289 e. The molecule has 1 heteroatoms. The second-order valence-electron chi connectivity index (χ2n) is 3.62. The average molecular weight is 161 g/mol. The van der Waals surface area contributed by atoms with Crippen LogP contribution in [-0.4, -0.2) is 12.3 Å². The third-order valence-electron chi connectivity index (χ3n) is 2.82. The molecule has 1 aliphatic carbocycles. The fourth-order valence-corrected chi connectivity index (χ4v) is 1.95. The van der Waals surface area contributed by atoms with E-state index in [9.17, 15) is 0 Å². The number of fused-ring (bicyclic) bond motifs is 1. The van der Waals surface area contributed by atoms with E-state index in [0.29, 0.717) is 12.0 Å². The highest BCUT2D eigenvalue weighted by Crippen LogP contribution is 2.29. The number of hydrogen-bond donors (Lipinski definition) is 0. The van der Waals surface area contributed by atoms with Gasteiger partial charge in [-0.3, -0.25) is 4.99 Å². The van der Waals surface area contributed by atoms with E-state index < -0.39 is 0 Å². The summed E-state index contributed by atoms with van der Waals surface area (Å²) in [6.45, 7) is 2.25. The van der Waals surface area contributed by atoms with Crippen LogP contribution in [0, 0.1) is 11.8 Å². The predicted octanol–water partition coefficient (Wildman–Crippen LogP) is 2.60. The molecule has 0 amide bonds. The molecule has 0 aromatic rings. The van der Waals surface area contributed by atoms with Gasteiger partial charge < -0.3 is 0 Å². The summed E-state index contributed by atoms with van der Waals surface area (Å²) in [7, 11) is 0. The first-order valence-corrected chi connectivity index (χ1v) is 4.78. The number of rotatable bonds is 1. The maximum absolute atomic E-state index is 4.49. The van der Waals surface area contributed by atoms with Crippen LogP contribution in [0.1, 0.15) is 19.8 Å². The van der Waals surface area contributed by atoms with Crippen molar-refractivity contribution in [3.8, 4) is 0 Å². The highest BCUT2D eigenvalue weighted by Gasteiger charge is 2.23. The van der Waals surface area contributed by atoms with E-state index in [-0.39, 0.29) is 0 Å². The molecule has 1 heterocycles. The van der Waals surface area contributed by atoms with E-state index in [2.05, 4.69) is 36.2 Å². The second-order valence-corrected chi connectivity index (χ2v) is 3.62. The molecule has 0 aromatic carbocycles. The fraction of sp³-hybridized carbons (Fsp3) is 0.545. The summed E-state index contributed by atoms with van der Waals surface area (Å²) in [4.78, 5) is 4.49. The summed E-state index contributed by atoms with van der Waals surface area (Å²) < 4.78 is 0. The molecule has 0 saturated carbocycles. The van der Waals surface area contributed by atoms with Crippen LogP contribution >= 0.6 is 0 Å². The lowest BCUT2D eigenvalue weighted by Crippen LogP contribution is -2.24. The van der Waals surface area contributed by atoms with Crippen LogP contribution in [0.5, 0.6) is 0 Å². The number of hydrogen-bond acceptors (Lipinski definition) is 1. The van der Waals surface area contributed by atoms with Crippen molar-refractivity contribution < 1.29 is 0 Å². The minimum atomic E-state index is 0.532. The van der Waals surface area contributed by atoms with Crippen molar-refractivity contribution in [2.24, 2.45) is 16.8 Å². The first-order valence-electron chi connectivity index (χ1n) is 4.78. The van der Waals surface area contributed by atoms with Crippen molar-refractivity contribution in [2.75, 3.05) is 0 Å². The third kappa shape index (κ3) is 1.36. The summed E-state index contributed by atoms with van der Waals surface area (Å²) in [5, 5.41) is 0. The molecule has 0 fully saturated rings. The molecule has 64 valence electrons. The SMILES string of the molecule is CCC1C=CC2C=CC=N[C@@H]2C1. The maximum Gasteiger partial charge on any atom is 0.0602 e. The lowest BCUT2D eigenvalue weighted by Gasteiger charge is -2.28. The normalized spacial score (nSPS) is 38.2.